The third-order valence-electron chi connectivity index (χ3n) is 3.33. The molecule has 0 bridgehead atoms. The highest BCUT2D eigenvalue weighted by molar-refractivity contribution is 6.31. The minimum absolute atomic E-state index is 0.230. The van der Waals surface area contributed by atoms with Crippen LogP contribution in [-0.4, -0.2) is 12.0 Å². The molecule has 0 spiro atoms. The summed E-state index contributed by atoms with van der Waals surface area (Å²) in [5.41, 5.74) is 4.57. The second kappa shape index (κ2) is 6.18. The zero-order valence-corrected chi connectivity index (χ0v) is 12.3. The van der Waals surface area contributed by atoms with Crippen molar-refractivity contribution in [2.24, 2.45) is 0 Å². The van der Waals surface area contributed by atoms with E-state index in [0.29, 0.717) is 0 Å². The first-order valence-corrected chi connectivity index (χ1v) is 6.83. The Hall–Kier alpha value is -1.38. The summed E-state index contributed by atoms with van der Waals surface area (Å²) in [6, 6.07) is 10.6. The summed E-state index contributed by atoms with van der Waals surface area (Å²) in [6.45, 7) is 4.06. The van der Waals surface area contributed by atoms with Crippen LogP contribution in [0.15, 0.2) is 36.5 Å². The van der Waals surface area contributed by atoms with Crippen molar-refractivity contribution in [3.63, 3.8) is 0 Å². The molecule has 3 heteroatoms. The molecule has 0 aliphatic rings. The van der Waals surface area contributed by atoms with Crippen LogP contribution >= 0.6 is 11.6 Å². The molecule has 0 fully saturated rings. The number of likely N-dealkylation sites (N-methyl/N-ethyl adjacent to an activating group) is 1. The van der Waals surface area contributed by atoms with Gasteiger partial charge in [0.25, 0.3) is 0 Å². The van der Waals surface area contributed by atoms with Crippen LogP contribution in [0, 0.1) is 13.8 Å². The lowest BCUT2D eigenvalue weighted by Gasteiger charge is -2.17. The molecule has 2 rings (SSSR count). The molecule has 0 aliphatic heterocycles. The van der Waals surface area contributed by atoms with Gasteiger partial charge in [-0.25, -0.2) is 0 Å². The highest BCUT2D eigenvalue weighted by Crippen LogP contribution is 2.23. The van der Waals surface area contributed by atoms with E-state index < -0.39 is 0 Å². The fraction of sp³-hybridized carbons (Fsp3) is 0.312. The highest BCUT2D eigenvalue weighted by Gasteiger charge is 2.12. The molecule has 19 heavy (non-hydrogen) atoms. The number of benzene rings is 1. The van der Waals surface area contributed by atoms with Crippen molar-refractivity contribution in [1.29, 1.82) is 0 Å². The van der Waals surface area contributed by atoms with Crippen LogP contribution in [0.4, 0.5) is 0 Å². The predicted molar refractivity (Wildman–Crippen MR) is 80.7 cm³/mol. The molecule has 0 saturated heterocycles. The molecule has 0 aliphatic carbocycles. The van der Waals surface area contributed by atoms with E-state index in [1.807, 2.05) is 33.2 Å². The molecule has 0 saturated carbocycles. The van der Waals surface area contributed by atoms with Crippen molar-refractivity contribution in [3.05, 3.63) is 63.9 Å². The minimum Gasteiger partial charge on any atom is -0.313 e. The van der Waals surface area contributed by atoms with Crippen molar-refractivity contribution in [2.45, 2.75) is 26.3 Å². The fourth-order valence-corrected chi connectivity index (χ4v) is 2.23. The molecular weight excluding hydrogens is 256 g/mol. The van der Waals surface area contributed by atoms with Crippen LogP contribution in [0.3, 0.4) is 0 Å². The summed E-state index contributed by atoms with van der Waals surface area (Å²) in [5, 5.41) is 4.14. The van der Waals surface area contributed by atoms with Gasteiger partial charge in [-0.3, -0.25) is 4.98 Å². The van der Waals surface area contributed by atoms with E-state index in [4.69, 9.17) is 11.6 Å². The summed E-state index contributed by atoms with van der Waals surface area (Å²) >= 11 is 6.20. The number of hydrogen-bond donors (Lipinski definition) is 1. The fourth-order valence-electron chi connectivity index (χ4n) is 2.04. The predicted octanol–water partition coefficient (Wildman–Crippen LogP) is 3.86. The quantitative estimate of drug-likeness (QED) is 0.916. The number of nitrogens with zero attached hydrogens (tertiary/aromatic N) is 1. The second-order valence-corrected chi connectivity index (χ2v) is 5.29. The van der Waals surface area contributed by atoms with Crippen LogP contribution < -0.4 is 5.32 Å². The van der Waals surface area contributed by atoms with E-state index in [-0.39, 0.29) is 6.04 Å². The number of rotatable bonds is 4. The Labute approximate surface area is 119 Å². The molecule has 1 aromatic heterocycles. The van der Waals surface area contributed by atoms with Gasteiger partial charge in [-0.05, 0) is 49.7 Å². The first kappa shape index (κ1) is 14.0. The maximum atomic E-state index is 6.20. The number of hydrogen-bond acceptors (Lipinski definition) is 2. The average Bonchev–Trinajstić information content (AvgIpc) is 2.41. The number of nitrogens with one attached hydrogen (secondary N) is 1. The van der Waals surface area contributed by atoms with E-state index >= 15 is 0 Å². The Kier molecular flexibility index (Phi) is 4.56. The lowest BCUT2D eigenvalue weighted by Crippen LogP contribution is -2.19. The average molecular weight is 275 g/mol. The van der Waals surface area contributed by atoms with Crippen molar-refractivity contribution >= 4 is 11.6 Å². The standard InChI is InChI=1S/C16H19ClN2/c1-11-4-7-14(19-10-11)9-16(18-3)13-6-5-12(2)15(17)8-13/h4-8,10,16,18H,9H2,1-3H3. The van der Waals surface area contributed by atoms with Crippen LogP contribution in [0.25, 0.3) is 0 Å². The maximum Gasteiger partial charge on any atom is 0.0438 e. The van der Waals surface area contributed by atoms with Gasteiger partial charge in [-0.15, -0.1) is 0 Å². The third-order valence-corrected chi connectivity index (χ3v) is 3.74. The molecule has 0 amide bonds. The van der Waals surface area contributed by atoms with Crippen LogP contribution in [0.2, 0.25) is 5.02 Å². The van der Waals surface area contributed by atoms with E-state index in [1.54, 1.807) is 0 Å². The first-order chi connectivity index (χ1) is 9.10. The van der Waals surface area contributed by atoms with Crippen molar-refractivity contribution in [1.82, 2.24) is 10.3 Å². The van der Waals surface area contributed by atoms with E-state index in [0.717, 1.165) is 22.7 Å². The summed E-state index contributed by atoms with van der Waals surface area (Å²) in [6.07, 6.45) is 2.76. The van der Waals surface area contributed by atoms with Gasteiger partial charge in [0.1, 0.15) is 0 Å². The molecule has 1 N–H and O–H groups in total. The molecule has 1 heterocycles. The first-order valence-electron chi connectivity index (χ1n) is 6.45. The minimum atomic E-state index is 0.230. The van der Waals surface area contributed by atoms with E-state index in [2.05, 4.69) is 34.6 Å². The van der Waals surface area contributed by atoms with Crippen molar-refractivity contribution in [3.8, 4) is 0 Å². The Balaban J connectivity index is 2.19. The lowest BCUT2D eigenvalue weighted by atomic mass is 10.0. The molecule has 1 aromatic carbocycles. The Morgan fingerprint density at radius 3 is 2.58 bits per heavy atom. The smallest absolute Gasteiger partial charge is 0.0438 e. The van der Waals surface area contributed by atoms with Crippen molar-refractivity contribution < 1.29 is 0 Å². The molecule has 2 aromatic rings. The Bertz CT molecular complexity index is 549. The molecule has 2 nitrogen and oxygen atoms in total. The van der Waals surface area contributed by atoms with E-state index in [9.17, 15) is 0 Å². The Morgan fingerprint density at radius 2 is 2.00 bits per heavy atom. The van der Waals surface area contributed by atoms with Gasteiger partial charge in [-0.1, -0.05) is 29.8 Å². The molecule has 0 radical (unpaired) electrons. The second-order valence-electron chi connectivity index (χ2n) is 4.88. The molecule has 1 unspecified atom stereocenters. The summed E-state index contributed by atoms with van der Waals surface area (Å²) in [4.78, 5) is 4.46. The number of pyridine rings is 1. The van der Waals surface area contributed by atoms with Gasteiger partial charge >= 0.3 is 0 Å². The molecule has 1 atom stereocenters. The normalized spacial score (nSPS) is 12.4. The van der Waals surface area contributed by atoms with E-state index in [1.165, 1.54) is 11.1 Å². The zero-order chi connectivity index (χ0) is 13.8. The van der Waals surface area contributed by atoms with Gasteiger partial charge in [0.2, 0.25) is 0 Å². The van der Waals surface area contributed by atoms with Gasteiger partial charge < -0.3 is 5.32 Å². The van der Waals surface area contributed by atoms with Gasteiger partial charge in [0.15, 0.2) is 0 Å². The van der Waals surface area contributed by atoms with Crippen LogP contribution in [0.1, 0.15) is 28.4 Å². The SMILES string of the molecule is CNC(Cc1ccc(C)cn1)c1ccc(C)c(Cl)c1. The maximum absolute atomic E-state index is 6.20. The van der Waals surface area contributed by atoms with Gasteiger partial charge in [0, 0.05) is 29.4 Å². The number of aryl methyl sites for hydroxylation is 2. The zero-order valence-electron chi connectivity index (χ0n) is 11.6. The molecule has 100 valence electrons. The Morgan fingerprint density at radius 1 is 1.21 bits per heavy atom. The molecular formula is C16H19ClN2. The summed E-state index contributed by atoms with van der Waals surface area (Å²) in [5.74, 6) is 0. The van der Waals surface area contributed by atoms with Gasteiger partial charge in [-0.2, -0.15) is 0 Å². The van der Waals surface area contributed by atoms with Crippen molar-refractivity contribution in [2.75, 3.05) is 7.05 Å². The topological polar surface area (TPSA) is 24.9 Å². The number of aromatic nitrogens is 1. The summed E-state index contributed by atoms with van der Waals surface area (Å²) in [7, 11) is 1.96. The highest BCUT2D eigenvalue weighted by atomic mass is 35.5. The monoisotopic (exact) mass is 274 g/mol. The lowest BCUT2D eigenvalue weighted by molar-refractivity contribution is 0.584. The van der Waals surface area contributed by atoms with Gasteiger partial charge in [0.05, 0.1) is 0 Å². The van der Waals surface area contributed by atoms with Crippen LogP contribution in [-0.2, 0) is 6.42 Å². The largest absolute Gasteiger partial charge is 0.313 e. The summed E-state index contributed by atoms with van der Waals surface area (Å²) < 4.78 is 0. The van der Waals surface area contributed by atoms with Crippen LogP contribution in [0.5, 0.6) is 0 Å². The number of halogens is 1. The third kappa shape index (κ3) is 3.55.